The molecule has 0 bridgehead atoms. The van der Waals surface area contributed by atoms with Crippen molar-refractivity contribution in [1.82, 2.24) is 9.88 Å². The number of likely N-dealkylation sites (tertiary alicyclic amines) is 1. The number of nitrogens with zero attached hydrogens (tertiary/aromatic N) is 2. The van der Waals surface area contributed by atoms with Gasteiger partial charge in [0, 0.05) is 23.8 Å². The molecule has 5 heteroatoms. The number of carboxylic acids is 1. The summed E-state index contributed by atoms with van der Waals surface area (Å²) >= 11 is 1.73. The lowest BCUT2D eigenvalue weighted by atomic mass is 9.93. The van der Waals surface area contributed by atoms with E-state index in [0.717, 1.165) is 24.9 Å². The first kappa shape index (κ1) is 15.2. The van der Waals surface area contributed by atoms with Gasteiger partial charge in [0.15, 0.2) is 0 Å². The zero-order chi connectivity index (χ0) is 15.5. The fourth-order valence-corrected chi connectivity index (χ4v) is 4.09. The molecule has 0 aliphatic carbocycles. The molecule has 0 spiro atoms. The summed E-state index contributed by atoms with van der Waals surface area (Å²) < 4.78 is 0. The molecular weight excluding hydrogens is 296 g/mol. The van der Waals surface area contributed by atoms with E-state index in [9.17, 15) is 9.90 Å². The van der Waals surface area contributed by atoms with Crippen LogP contribution in [0.3, 0.4) is 0 Å². The third-order valence-corrected chi connectivity index (χ3v) is 5.26. The summed E-state index contributed by atoms with van der Waals surface area (Å²) in [6.45, 7) is 3.62. The van der Waals surface area contributed by atoms with Crippen LogP contribution in [0.15, 0.2) is 36.0 Å². The summed E-state index contributed by atoms with van der Waals surface area (Å²) in [7, 11) is 0. The molecule has 2 aromatic rings. The number of aromatic nitrogens is 1. The summed E-state index contributed by atoms with van der Waals surface area (Å²) in [6.07, 6.45) is 5.41. The fraction of sp³-hybridized carbons (Fsp3) is 0.412. The Morgan fingerprint density at radius 3 is 3.05 bits per heavy atom. The topological polar surface area (TPSA) is 53.4 Å². The molecule has 0 aromatic carbocycles. The number of pyridine rings is 1. The van der Waals surface area contributed by atoms with Crippen LogP contribution in [0, 0.1) is 12.8 Å². The van der Waals surface area contributed by atoms with Gasteiger partial charge in [-0.2, -0.15) is 0 Å². The minimum atomic E-state index is -0.680. The smallest absolute Gasteiger partial charge is 0.307 e. The van der Waals surface area contributed by atoms with E-state index in [1.807, 2.05) is 12.4 Å². The molecule has 0 radical (unpaired) electrons. The summed E-state index contributed by atoms with van der Waals surface area (Å²) in [5, 5.41) is 11.4. The summed E-state index contributed by atoms with van der Waals surface area (Å²) in [5.41, 5.74) is 2.38. The van der Waals surface area contributed by atoms with Crippen LogP contribution >= 0.6 is 11.3 Å². The first-order valence-electron chi connectivity index (χ1n) is 7.57. The van der Waals surface area contributed by atoms with Crippen LogP contribution in [-0.2, 0) is 4.79 Å². The molecule has 2 atom stereocenters. The van der Waals surface area contributed by atoms with Gasteiger partial charge in [0.2, 0.25) is 0 Å². The van der Waals surface area contributed by atoms with E-state index in [1.54, 1.807) is 11.3 Å². The predicted molar refractivity (Wildman–Crippen MR) is 87.1 cm³/mol. The monoisotopic (exact) mass is 316 g/mol. The van der Waals surface area contributed by atoms with Crippen molar-refractivity contribution in [3.8, 4) is 0 Å². The van der Waals surface area contributed by atoms with E-state index >= 15 is 0 Å². The average molecular weight is 316 g/mol. The van der Waals surface area contributed by atoms with Gasteiger partial charge in [-0.25, -0.2) is 0 Å². The van der Waals surface area contributed by atoms with Crippen LogP contribution in [0.5, 0.6) is 0 Å². The van der Waals surface area contributed by atoms with E-state index < -0.39 is 5.97 Å². The number of rotatable bonds is 4. The Labute approximate surface area is 134 Å². The van der Waals surface area contributed by atoms with Gasteiger partial charge in [0.05, 0.1) is 12.0 Å². The number of piperidine rings is 1. The van der Waals surface area contributed by atoms with E-state index in [4.69, 9.17) is 0 Å². The lowest BCUT2D eigenvalue weighted by Gasteiger charge is -2.37. The SMILES string of the molecule is Cc1cnccc1C(c1cccs1)N1CCCC(C(=O)O)C1. The van der Waals surface area contributed by atoms with Crippen molar-refractivity contribution in [2.75, 3.05) is 13.1 Å². The number of hydrogen-bond donors (Lipinski definition) is 1. The van der Waals surface area contributed by atoms with Crippen LogP contribution in [0.4, 0.5) is 0 Å². The second-order valence-corrected chi connectivity index (χ2v) is 6.80. The van der Waals surface area contributed by atoms with Crippen LogP contribution in [-0.4, -0.2) is 34.0 Å². The van der Waals surface area contributed by atoms with Gasteiger partial charge in [-0.05, 0) is 54.9 Å². The van der Waals surface area contributed by atoms with Gasteiger partial charge in [-0.15, -0.1) is 11.3 Å². The van der Waals surface area contributed by atoms with Crippen molar-refractivity contribution in [2.45, 2.75) is 25.8 Å². The van der Waals surface area contributed by atoms with Crippen molar-refractivity contribution >= 4 is 17.3 Å². The summed E-state index contributed by atoms with van der Waals surface area (Å²) in [4.78, 5) is 19.1. The minimum absolute atomic E-state index is 0.130. The molecule has 22 heavy (non-hydrogen) atoms. The number of carboxylic acid groups (broad SMARTS) is 1. The van der Waals surface area contributed by atoms with Crippen molar-refractivity contribution in [2.24, 2.45) is 5.92 Å². The first-order chi connectivity index (χ1) is 10.7. The van der Waals surface area contributed by atoms with Crippen molar-refractivity contribution in [3.63, 3.8) is 0 Å². The maximum atomic E-state index is 11.4. The van der Waals surface area contributed by atoms with Gasteiger partial charge < -0.3 is 5.11 Å². The van der Waals surface area contributed by atoms with Crippen LogP contribution in [0.1, 0.15) is 34.9 Å². The van der Waals surface area contributed by atoms with Crippen molar-refractivity contribution < 1.29 is 9.90 Å². The quantitative estimate of drug-likeness (QED) is 0.940. The van der Waals surface area contributed by atoms with Crippen molar-refractivity contribution in [3.05, 3.63) is 52.0 Å². The molecule has 3 heterocycles. The summed E-state index contributed by atoms with van der Waals surface area (Å²) in [5.74, 6) is -0.945. The molecule has 3 rings (SSSR count). The third-order valence-electron chi connectivity index (χ3n) is 4.34. The molecule has 116 valence electrons. The molecule has 1 N–H and O–H groups in total. The molecule has 4 nitrogen and oxygen atoms in total. The lowest BCUT2D eigenvalue weighted by molar-refractivity contribution is -0.143. The molecule has 1 aliphatic rings. The third kappa shape index (κ3) is 3.05. The molecule has 2 aromatic heterocycles. The van der Waals surface area contributed by atoms with E-state index in [2.05, 4.69) is 40.4 Å². The maximum absolute atomic E-state index is 11.4. The molecule has 2 unspecified atom stereocenters. The highest BCUT2D eigenvalue weighted by molar-refractivity contribution is 7.10. The Morgan fingerprint density at radius 1 is 1.50 bits per heavy atom. The van der Waals surface area contributed by atoms with Gasteiger partial charge in [-0.1, -0.05) is 6.07 Å². The Balaban J connectivity index is 1.96. The Bertz CT molecular complexity index is 642. The predicted octanol–water partition coefficient (Wildman–Crippen LogP) is 3.34. The minimum Gasteiger partial charge on any atom is -0.481 e. The molecular formula is C17H20N2O2S. The normalized spacial score (nSPS) is 20.7. The fourth-order valence-electron chi connectivity index (χ4n) is 3.21. The highest BCUT2D eigenvalue weighted by Crippen LogP contribution is 2.35. The van der Waals surface area contributed by atoms with Crippen LogP contribution in [0.2, 0.25) is 0 Å². The Morgan fingerprint density at radius 2 is 2.36 bits per heavy atom. The highest BCUT2D eigenvalue weighted by Gasteiger charge is 2.32. The second kappa shape index (κ2) is 6.58. The summed E-state index contributed by atoms with van der Waals surface area (Å²) in [6, 6.07) is 6.39. The standard InChI is InChI=1S/C17H20N2O2S/c1-12-10-18-7-6-14(12)16(15-5-3-9-22-15)19-8-2-4-13(11-19)17(20)21/h3,5-7,9-10,13,16H,2,4,8,11H2,1H3,(H,20,21). The number of carbonyl (C=O) groups is 1. The average Bonchev–Trinajstić information content (AvgIpc) is 3.04. The van der Waals surface area contributed by atoms with Gasteiger partial charge >= 0.3 is 5.97 Å². The molecule has 1 saturated heterocycles. The Hall–Kier alpha value is -1.72. The van der Waals surface area contributed by atoms with Gasteiger partial charge in [-0.3, -0.25) is 14.7 Å². The largest absolute Gasteiger partial charge is 0.481 e. The number of thiophene rings is 1. The highest BCUT2D eigenvalue weighted by atomic mass is 32.1. The van der Waals surface area contributed by atoms with Crippen LogP contribution in [0.25, 0.3) is 0 Å². The van der Waals surface area contributed by atoms with E-state index in [1.165, 1.54) is 10.4 Å². The second-order valence-electron chi connectivity index (χ2n) is 5.82. The van der Waals surface area contributed by atoms with Crippen LogP contribution < -0.4 is 0 Å². The number of aryl methyl sites for hydroxylation is 1. The molecule has 1 aliphatic heterocycles. The van der Waals surface area contributed by atoms with Gasteiger partial charge in [0.25, 0.3) is 0 Å². The molecule has 0 amide bonds. The maximum Gasteiger partial charge on any atom is 0.307 e. The lowest BCUT2D eigenvalue weighted by Crippen LogP contribution is -2.41. The zero-order valence-corrected chi connectivity index (χ0v) is 13.4. The number of aliphatic carboxylic acids is 1. The first-order valence-corrected chi connectivity index (χ1v) is 8.45. The van der Waals surface area contributed by atoms with E-state index in [0.29, 0.717) is 6.54 Å². The van der Waals surface area contributed by atoms with Gasteiger partial charge in [0.1, 0.15) is 0 Å². The molecule has 1 fully saturated rings. The van der Waals surface area contributed by atoms with Crippen molar-refractivity contribution in [1.29, 1.82) is 0 Å². The van der Waals surface area contributed by atoms with E-state index in [-0.39, 0.29) is 12.0 Å². The molecule has 0 saturated carbocycles. The number of hydrogen-bond acceptors (Lipinski definition) is 4. The zero-order valence-electron chi connectivity index (χ0n) is 12.6. The Kier molecular flexibility index (Phi) is 4.55.